The second-order valence-electron chi connectivity index (χ2n) is 6.03. The summed E-state index contributed by atoms with van der Waals surface area (Å²) in [6.07, 6.45) is 3.85. The molecule has 23 heavy (non-hydrogen) atoms. The van der Waals surface area contributed by atoms with E-state index in [0.717, 1.165) is 0 Å². The summed E-state index contributed by atoms with van der Waals surface area (Å²) in [6, 6.07) is 20.3. The molecule has 0 saturated carbocycles. The van der Waals surface area contributed by atoms with Gasteiger partial charge in [0.1, 0.15) is 0 Å². The van der Waals surface area contributed by atoms with Crippen LogP contribution in [0.3, 0.4) is 0 Å². The van der Waals surface area contributed by atoms with Crippen LogP contribution in [0.5, 0.6) is 0 Å². The molecule has 0 heterocycles. The minimum absolute atomic E-state index is 0. The third-order valence-electron chi connectivity index (χ3n) is 4.67. The third kappa shape index (κ3) is 3.79. The molecule has 1 aliphatic carbocycles. The number of aryl methyl sites for hydroxylation is 2. The van der Waals surface area contributed by atoms with E-state index in [-0.39, 0.29) is 51.0 Å². The zero-order chi connectivity index (χ0) is 13.5. The molecule has 0 bridgehead atoms. The largest absolute Gasteiger partial charge is 3.00 e. The van der Waals surface area contributed by atoms with Crippen LogP contribution in [0, 0.1) is 6.92 Å². The van der Waals surface area contributed by atoms with E-state index in [1.54, 1.807) is 11.1 Å². The van der Waals surface area contributed by atoms with Crippen LogP contribution < -0.4 is 24.8 Å². The van der Waals surface area contributed by atoms with Gasteiger partial charge >= 0.3 is 26.2 Å². The molecule has 0 nitrogen and oxygen atoms in total. The fourth-order valence-electron chi connectivity index (χ4n) is 3.81. The molecule has 0 amide bonds. The Morgan fingerprint density at radius 2 is 1.70 bits per heavy atom. The SMILES string of the molecule is Cc1cc2c([cH-]1)CCCC2c1cccc2ccccc12.[Cl-].[Cl-].[Zr+3]. The molecule has 117 valence electrons. The maximum atomic E-state index is 2.40. The fourth-order valence-corrected chi connectivity index (χ4v) is 3.81. The molecule has 0 N–H and O–H groups in total. The molecule has 1 unspecified atom stereocenters. The summed E-state index contributed by atoms with van der Waals surface area (Å²) in [4.78, 5) is 0. The van der Waals surface area contributed by atoms with Gasteiger partial charge in [-0.05, 0) is 22.3 Å². The minimum Gasteiger partial charge on any atom is -1.00 e. The van der Waals surface area contributed by atoms with E-state index < -0.39 is 0 Å². The van der Waals surface area contributed by atoms with Gasteiger partial charge in [-0.3, -0.25) is 0 Å². The molecule has 0 aliphatic heterocycles. The maximum Gasteiger partial charge on any atom is 3.00 e. The van der Waals surface area contributed by atoms with Crippen LogP contribution in [-0.4, -0.2) is 0 Å². The Labute approximate surface area is 170 Å². The first-order valence-electron chi connectivity index (χ1n) is 7.57. The molecule has 0 saturated heterocycles. The predicted octanol–water partition coefficient (Wildman–Crippen LogP) is -0.659. The molecule has 3 heteroatoms. The minimum atomic E-state index is 0. The van der Waals surface area contributed by atoms with E-state index in [0.29, 0.717) is 5.92 Å². The van der Waals surface area contributed by atoms with E-state index in [1.807, 2.05) is 0 Å². The Hall–Kier alpha value is -0.487. The van der Waals surface area contributed by atoms with Crippen molar-refractivity contribution in [3.05, 3.63) is 76.9 Å². The Morgan fingerprint density at radius 1 is 0.957 bits per heavy atom. The molecule has 0 spiro atoms. The summed E-state index contributed by atoms with van der Waals surface area (Å²) < 4.78 is 0. The summed E-state index contributed by atoms with van der Waals surface area (Å²) in [7, 11) is 0. The van der Waals surface area contributed by atoms with E-state index in [1.165, 1.54) is 41.2 Å². The van der Waals surface area contributed by atoms with Gasteiger partial charge in [0.2, 0.25) is 0 Å². The number of benzene rings is 2. The van der Waals surface area contributed by atoms with Gasteiger partial charge in [-0.25, -0.2) is 6.07 Å². The number of rotatable bonds is 1. The van der Waals surface area contributed by atoms with Gasteiger partial charge < -0.3 is 24.8 Å². The first-order valence-corrected chi connectivity index (χ1v) is 7.57. The number of hydrogen-bond acceptors (Lipinski definition) is 0. The van der Waals surface area contributed by atoms with Crippen LogP contribution in [0.1, 0.15) is 41.0 Å². The van der Waals surface area contributed by atoms with Crippen molar-refractivity contribution in [2.45, 2.75) is 32.1 Å². The average molecular weight is 422 g/mol. The molecule has 1 radical (unpaired) electrons. The average Bonchev–Trinajstić information content (AvgIpc) is 2.87. The van der Waals surface area contributed by atoms with Crippen molar-refractivity contribution in [2.24, 2.45) is 0 Å². The molecule has 3 aromatic rings. The second kappa shape index (κ2) is 8.56. The zero-order valence-electron chi connectivity index (χ0n) is 13.2. The van der Waals surface area contributed by atoms with Crippen molar-refractivity contribution in [3.63, 3.8) is 0 Å². The van der Waals surface area contributed by atoms with Crippen molar-refractivity contribution in [3.8, 4) is 0 Å². The van der Waals surface area contributed by atoms with E-state index in [4.69, 9.17) is 0 Å². The van der Waals surface area contributed by atoms with Crippen molar-refractivity contribution in [2.75, 3.05) is 0 Å². The molecule has 4 rings (SSSR count). The first-order chi connectivity index (χ1) is 9.83. The fraction of sp³-hybridized carbons (Fsp3) is 0.250. The summed E-state index contributed by atoms with van der Waals surface area (Å²) in [5.74, 6) is 0.582. The van der Waals surface area contributed by atoms with Gasteiger partial charge in [0, 0.05) is 0 Å². The Kier molecular flexibility index (Phi) is 7.65. The predicted molar refractivity (Wildman–Crippen MR) is 85.5 cm³/mol. The summed E-state index contributed by atoms with van der Waals surface area (Å²) >= 11 is 0. The Morgan fingerprint density at radius 3 is 2.52 bits per heavy atom. The molecular formula is C20H19Cl2Zr. The van der Waals surface area contributed by atoms with Crippen LogP contribution in [0.2, 0.25) is 0 Å². The maximum absolute atomic E-state index is 2.40. The van der Waals surface area contributed by atoms with Crippen LogP contribution >= 0.6 is 0 Å². The normalized spacial score (nSPS) is 15.8. The third-order valence-corrected chi connectivity index (χ3v) is 4.67. The van der Waals surface area contributed by atoms with E-state index in [9.17, 15) is 0 Å². The summed E-state index contributed by atoms with van der Waals surface area (Å²) in [5, 5.41) is 2.78. The molecule has 0 fully saturated rings. The van der Waals surface area contributed by atoms with Crippen LogP contribution in [0.25, 0.3) is 10.8 Å². The quantitative estimate of drug-likeness (QED) is 0.458. The topological polar surface area (TPSA) is 0 Å². The molecule has 1 atom stereocenters. The number of halogens is 2. The molecular weight excluding hydrogens is 402 g/mol. The van der Waals surface area contributed by atoms with Gasteiger partial charge in [0.05, 0.1) is 0 Å². The summed E-state index contributed by atoms with van der Waals surface area (Å²) in [6.45, 7) is 2.22. The zero-order valence-corrected chi connectivity index (χ0v) is 17.1. The van der Waals surface area contributed by atoms with Crippen molar-refractivity contribution < 1.29 is 51.0 Å². The smallest absolute Gasteiger partial charge is 1.00 e. The Balaban J connectivity index is 0.000000882. The number of fused-ring (bicyclic) bond motifs is 2. The van der Waals surface area contributed by atoms with E-state index in [2.05, 4.69) is 61.5 Å². The van der Waals surface area contributed by atoms with Crippen molar-refractivity contribution >= 4 is 10.8 Å². The standard InChI is InChI=1S/C20H19.2ClH.Zr/c1-14-12-16-8-5-11-19(20(16)13-14)18-10-4-7-15-6-2-3-9-17(15)18;;;/h2-4,6-7,9-10,12-13,19H,5,8,11H2,1H3;2*1H;/q-1;;;+3/p-2. The van der Waals surface area contributed by atoms with Gasteiger partial charge in [0.25, 0.3) is 0 Å². The van der Waals surface area contributed by atoms with Gasteiger partial charge in [-0.2, -0.15) is 22.8 Å². The van der Waals surface area contributed by atoms with Gasteiger partial charge in [0.15, 0.2) is 0 Å². The molecule has 0 aromatic heterocycles. The van der Waals surface area contributed by atoms with Crippen LogP contribution in [0.15, 0.2) is 54.6 Å². The number of hydrogen-bond donors (Lipinski definition) is 0. The van der Waals surface area contributed by atoms with Crippen LogP contribution in [0.4, 0.5) is 0 Å². The van der Waals surface area contributed by atoms with E-state index >= 15 is 0 Å². The monoisotopic (exact) mass is 419 g/mol. The van der Waals surface area contributed by atoms with Crippen molar-refractivity contribution in [1.29, 1.82) is 0 Å². The summed E-state index contributed by atoms with van der Waals surface area (Å²) in [5.41, 5.74) is 6.08. The van der Waals surface area contributed by atoms with Crippen LogP contribution in [-0.2, 0) is 32.6 Å². The second-order valence-corrected chi connectivity index (χ2v) is 6.03. The van der Waals surface area contributed by atoms with Gasteiger partial charge in [-0.1, -0.05) is 68.7 Å². The first kappa shape index (κ1) is 20.6. The molecule has 1 aliphatic rings. The van der Waals surface area contributed by atoms with Gasteiger partial charge in [-0.15, -0.1) is 0 Å². The Bertz CT molecular complexity index is 771. The van der Waals surface area contributed by atoms with Crippen molar-refractivity contribution in [1.82, 2.24) is 0 Å². The molecule has 3 aromatic carbocycles.